The van der Waals surface area contributed by atoms with Gasteiger partial charge in [-0.2, -0.15) is 13.2 Å². The first-order chi connectivity index (χ1) is 7.29. The molecular formula is C8H8F5N3. The molecule has 0 atom stereocenters. The van der Waals surface area contributed by atoms with E-state index in [-0.39, 0.29) is 0 Å². The SMILES string of the molecule is NCc1c(C(F)F)cnc(C(F)(F)F)c1N. The van der Waals surface area contributed by atoms with E-state index >= 15 is 0 Å². The molecule has 0 bridgehead atoms. The fourth-order valence-corrected chi connectivity index (χ4v) is 1.22. The van der Waals surface area contributed by atoms with Crippen molar-refractivity contribution in [3.8, 4) is 0 Å². The van der Waals surface area contributed by atoms with Crippen LogP contribution < -0.4 is 11.5 Å². The summed E-state index contributed by atoms with van der Waals surface area (Å²) in [5.41, 5.74) is 6.89. The van der Waals surface area contributed by atoms with Crippen LogP contribution in [0.25, 0.3) is 0 Å². The number of aromatic nitrogens is 1. The van der Waals surface area contributed by atoms with Gasteiger partial charge in [0.1, 0.15) is 0 Å². The van der Waals surface area contributed by atoms with Crippen LogP contribution in [-0.4, -0.2) is 4.98 Å². The zero-order valence-corrected chi connectivity index (χ0v) is 7.85. The molecule has 1 aromatic rings. The lowest BCUT2D eigenvalue weighted by molar-refractivity contribution is -0.140. The third-order valence-corrected chi connectivity index (χ3v) is 1.97. The Morgan fingerprint density at radius 1 is 1.31 bits per heavy atom. The second-order valence-corrected chi connectivity index (χ2v) is 2.96. The van der Waals surface area contributed by atoms with E-state index < -0.39 is 41.7 Å². The van der Waals surface area contributed by atoms with Crippen molar-refractivity contribution >= 4 is 5.69 Å². The van der Waals surface area contributed by atoms with Crippen LogP contribution in [0.15, 0.2) is 6.20 Å². The number of nitrogens with zero attached hydrogens (tertiary/aromatic N) is 1. The van der Waals surface area contributed by atoms with Crippen LogP contribution in [-0.2, 0) is 12.7 Å². The van der Waals surface area contributed by atoms with Crippen molar-refractivity contribution in [3.05, 3.63) is 23.0 Å². The van der Waals surface area contributed by atoms with Crippen molar-refractivity contribution in [3.63, 3.8) is 0 Å². The molecule has 0 aromatic carbocycles. The Bertz CT molecular complexity index is 388. The van der Waals surface area contributed by atoms with Gasteiger partial charge in [0, 0.05) is 23.9 Å². The summed E-state index contributed by atoms with van der Waals surface area (Å²) in [7, 11) is 0. The Morgan fingerprint density at radius 2 is 1.88 bits per heavy atom. The summed E-state index contributed by atoms with van der Waals surface area (Å²) in [6, 6.07) is 0. The summed E-state index contributed by atoms with van der Waals surface area (Å²) < 4.78 is 61.8. The number of anilines is 1. The van der Waals surface area contributed by atoms with Crippen molar-refractivity contribution in [1.82, 2.24) is 4.98 Å². The van der Waals surface area contributed by atoms with Gasteiger partial charge in [0.25, 0.3) is 6.43 Å². The van der Waals surface area contributed by atoms with Crippen LogP contribution >= 0.6 is 0 Å². The molecule has 3 nitrogen and oxygen atoms in total. The summed E-state index contributed by atoms with van der Waals surface area (Å²) in [5.74, 6) is 0. The average molecular weight is 241 g/mol. The molecule has 0 saturated carbocycles. The standard InChI is InChI=1S/C8H8F5N3/c9-7(10)4-2-16-6(8(11,12)13)5(15)3(4)1-14/h2,7H,1,14-15H2. The third-order valence-electron chi connectivity index (χ3n) is 1.97. The van der Waals surface area contributed by atoms with Crippen molar-refractivity contribution in [1.29, 1.82) is 0 Å². The monoisotopic (exact) mass is 241 g/mol. The lowest BCUT2D eigenvalue weighted by Gasteiger charge is -2.14. The van der Waals surface area contributed by atoms with Crippen LogP contribution in [0.2, 0.25) is 0 Å². The minimum absolute atomic E-state index is 0.419. The fraction of sp³-hybridized carbons (Fsp3) is 0.375. The maximum Gasteiger partial charge on any atom is 0.435 e. The highest BCUT2D eigenvalue weighted by Crippen LogP contribution is 2.36. The number of nitrogens with two attached hydrogens (primary N) is 2. The molecule has 8 heteroatoms. The zero-order chi connectivity index (χ0) is 12.5. The predicted octanol–water partition coefficient (Wildman–Crippen LogP) is 2.08. The molecular weight excluding hydrogens is 233 g/mol. The van der Waals surface area contributed by atoms with Gasteiger partial charge in [-0.05, 0) is 0 Å². The van der Waals surface area contributed by atoms with Gasteiger partial charge in [-0.1, -0.05) is 0 Å². The van der Waals surface area contributed by atoms with Crippen molar-refractivity contribution in [2.45, 2.75) is 19.1 Å². The molecule has 1 heterocycles. The molecule has 1 rings (SSSR count). The molecule has 1 aromatic heterocycles. The van der Waals surface area contributed by atoms with E-state index in [2.05, 4.69) is 4.98 Å². The topological polar surface area (TPSA) is 64.9 Å². The lowest BCUT2D eigenvalue weighted by atomic mass is 10.1. The second kappa shape index (κ2) is 4.20. The highest BCUT2D eigenvalue weighted by molar-refractivity contribution is 5.55. The Hall–Kier alpha value is -1.44. The number of hydrogen-bond donors (Lipinski definition) is 2. The van der Waals surface area contributed by atoms with Crippen LogP contribution in [0.1, 0.15) is 23.2 Å². The minimum Gasteiger partial charge on any atom is -0.397 e. The van der Waals surface area contributed by atoms with E-state index in [9.17, 15) is 22.0 Å². The van der Waals surface area contributed by atoms with Crippen molar-refractivity contribution < 1.29 is 22.0 Å². The number of halogens is 5. The van der Waals surface area contributed by atoms with Gasteiger partial charge < -0.3 is 11.5 Å². The van der Waals surface area contributed by atoms with E-state index in [0.29, 0.717) is 6.20 Å². The summed E-state index contributed by atoms with van der Waals surface area (Å²) in [5, 5.41) is 0. The van der Waals surface area contributed by atoms with Gasteiger partial charge in [-0.15, -0.1) is 0 Å². The first kappa shape index (κ1) is 12.6. The normalized spacial score (nSPS) is 12.2. The Kier molecular flexibility index (Phi) is 3.32. The molecule has 4 N–H and O–H groups in total. The molecule has 0 saturated heterocycles. The average Bonchev–Trinajstić information content (AvgIpc) is 2.14. The summed E-state index contributed by atoms with van der Waals surface area (Å²) >= 11 is 0. The smallest absolute Gasteiger partial charge is 0.397 e. The van der Waals surface area contributed by atoms with Crippen molar-refractivity contribution in [2.75, 3.05) is 5.73 Å². The van der Waals surface area contributed by atoms with Gasteiger partial charge in [0.15, 0.2) is 5.69 Å². The maximum atomic E-state index is 12.4. The van der Waals surface area contributed by atoms with Gasteiger partial charge in [0.05, 0.1) is 5.69 Å². The van der Waals surface area contributed by atoms with Gasteiger partial charge in [-0.3, -0.25) is 0 Å². The van der Waals surface area contributed by atoms with Gasteiger partial charge in [0.2, 0.25) is 0 Å². The van der Waals surface area contributed by atoms with Crippen molar-refractivity contribution in [2.24, 2.45) is 5.73 Å². The fourth-order valence-electron chi connectivity index (χ4n) is 1.22. The number of hydrogen-bond acceptors (Lipinski definition) is 3. The summed E-state index contributed by atoms with van der Waals surface area (Å²) in [6.45, 7) is -0.503. The zero-order valence-electron chi connectivity index (χ0n) is 7.85. The van der Waals surface area contributed by atoms with E-state index in [0.717, 1.165) is 0 Å². The van der Waals surface area contributed by atoms with E-state index in [1.165, 1.54) is 0 Å². The van der Waals surface area contributed by atoms with Crippen LogP contribution in [0.5, 0.6) is 0 Å². The summed E-state index contributed by atoms with van der Waals surface area (Å²) in [6.07, 6.45) is -7.30. The van der Waals surface area contributed by atoms with Gasteiger partial charge >= 0.3 is 6.18 Å². The molecule has 0 amide bonds. The van der Waals surface area contributed by atoms with Crippen LogP contribution in [0, 0.1) is 0 Å². The molecule has 0 spiro atoms. The Labute approximate surface area is 87.3 Å². The first-order valence-corrected chi connectivity index (χ1v) is 4.11. The Morgan fingerprint density at radius 3 is 2.25 bits per heavy atom. The number of nitrogen functional groups attached to an aromatic ring is 1. The number of alkyl halides is 5. The number of rotatable bonds is 2. The minimum atomic E-state index is -4.78. The van der Waals surface area contributed by atoms with Gasteiger partial charge in [-0.25, -0.2) is 13.8 Å². The molecule has 0 radical (unpaired) electrons. The molecule has 0 unspecified atom stereocenters. The molecule has 0 aliphatic heterocycles. The predicted molar refractivity (Wildman–Crippen MR) is 46.5 cm³/mol. The van der Waals surface area contributed by atoms with E-state index in [4.69, 9.17) is 11.5 Å². The number of pyridine rings is 1. The highest BCUT2D eigenvalue weighted by Gasteiger charge is 2.36. The molecule has 0 aliphatic carbocycles. The largest absolute Gasteiger partial charge is 0.435 e. The highest BCUT2D eigenvalue weighted by atomic mass is 19.4. The molecule has 0 aliphatic rings. The maximum absolute atomic E-state index is 12.4. The quantitative estimate of drug-likeness (QED) is 0.779. The molecule has 90 valence electrons. The third kappa shape index (κ3) is 2.21. The van der Waals surface area contributed by atoms with Crippen LogP contribution in [0.3, 0.4) is 0 Å². The first-order valence-electron chi connectivity index (χ1n) is 4.11. The Balaban J connectivity index is 3.41. The van der Waals surface area contributed by atoms with E-state index in [1.54, 1.807) is 0 Å². The molecule has 16 heavy (non-hydrogen) atoms. The summed E-state index contributed by atoms with van der Waals surface area (Å²) in [4.78, 5) is 2.89. The lowest BCUT2D eigenvalue weighted by Crippen LogP contribution is -2.16. The van der Waals surface area contributed by atoms with E-state index in [1.807, 2.05) is 0 Å². The molecule has 0 fully saturated rings. The van der Waals surface area contributed by atoms with Crippen LogP contribution in [0.4, 0.5) is 27.6 Å². The second-order valence-electron chi connectivity index (χ2n) is 2.96.